The van der Waals surface area contributed by atoms with Crippen molar-refractivity contribution in [1.82, 2.24) is 0 Å². The molecule has 0 radical (unpaired) electrons. The van der Waals surface area contributed by atoms with Gasteiger partial charge in [0.1, 0.15) is 0 Å². The Morgan fingerprint density at radius 3 is 1.65 bits per heavy atom. The molecule has 1 aliphatic rings. The standard InChI is InChI=1S/C11H18O6/c1-3-16-10(14)8-6(12)5-7(13)9(8)11(15)17-4-2/h6-9,12-13H,3-5H2,1-2H3/t6-,7-,8+,9+/m1/s1. The molecule has 0 amide bonds. The summed E-state index contributed by atoms with van der Waals surface area (Å²) in [6.07, 6.45) is -2.16. The van der Waals surface area contributed by atoms with E-state index in [0.29, 0.717) is 0 Å². The minimum Gasteiger partial charge on any atom is -0.466 e. The predicted octanol–water partition coefficient (Wildman–Crippen LogP) is -0.530. The number of ether oxygens (including phenoxy) is 2. The Morgan fingerprint density at radius 1 is 1.00 bits per heavy atom. The van der Waals surface area contributed by atoms with E-state index in [9.17, 15) is 19.8 Å². The van der Waals surface area contributed by atoms with E-state index < -0.39 is 36.0 Å². The normalized spacial score (nSPS) is 32.2. The topological polar surface area (TPSA) is 93.1 Å². The quantitative estimate of drug-likeness (QED) is 0.648. The highest BCUT2D eigenvalue weighted by atomic mass is 16.5. The third-order valence-corrected chi connectivity index (χ3v) is 2.82. The fourth-order valence-corrected chi connectivity index (χ4v) is 2.10. The van der Waals surface area contributed by atoms with E-state index in [-0.39, 0.29) is 19.6 Å². The molecule has 0 aromatic heterocycles. The van der Waals surface area contributed by atoms with Crippen LogP contribution in [0.5, 0.6) is 0 Å². The second-order valence-electron chi connectivity index (χ2n) is 3.93. The first-order valence-corrected chi connectivity index (χ1v) is 5.72. The molecule has 98 valence electrons. The first-order chi connectivity index (χ1) is 8.02. The van der Waals surface area contributed by atoms with Crippen molar-refractivity contribution in [3.63, 3.8) is 0 Å². The average Bonchev–Trinajstić information content (AvgIpc) is 2.54. The molecule has 0 heterocycles. The molecular weight excluding hydrogens is 228 g/mol. The van der Waals surface area contributed by atoms with Gasteiger partial charge in [0.15, 0.2) is 0 Å². The van der Waals surface area contributed by atoms with Crippen molar-refractivity contribution in [3.05, 3.63) is 0 Å². The first-order valence-electron chi connectivity index (χ1n) is 5.72. The molecule has 1 saturated carbocycles. The molecule has 0 saturated heterocycles. The van der Waals surface area contributed by atoms with Gasteiger partial charge >= 0.3 is 11.9 Å². The van der Waals surface area contributed by atoms with Crippen molar-refractivity contribution in [2.45, 2.75) is 32.5 Å². The summed E-state index contributed by atoms with van der Waals surface area (Å²) in [5, 5.41) is 19.4. The molecular formula is C11H18O6. The molecule has 6 nitrogen and oxygen atoms in total. The van der Waals surface area contributed by atoms with Crippen LogP contribution in [-0.2, 0) is 19.1 Å². The van der Waals surface area contributed by atoms with Gasteiger partial charge in [0.25, 0.3) is 0 Å². The molecule has 4 atom stereocenters. The average molecular weight is 246 g/mol. The number of hydrogen-bond acceptors (Lipinski definition) is 6. The third-order valence-electron chi connectivity index (χ3n) is 2.82. The molecule has 1 fully saturated rings. The molecule has 1 rings (SSSR count). The molecule has 6 heteroatoms. The smallest absolute Gasteiger partial charge is 0.312 e. The maximum absolute atomic E-state index is 11.6. The lowest BCUT2D eigenvalue weighted by atomic mass is 9.94. The van der Waals surface area contributed by atoms with Gasteiger partial charge in [-0.2, -0.15) is 0 Å². The number of esters is 2. The SMILES string of the molecule is CCOC(=O)[C@@H]1[C@@H](C(=O)OCC)[C@H](O)C[C@H]1O. The minimum absolute atomic E-state index is 0.0209. The Morgan fingerprint density at radius 2 is 1.35 bits per heavy atom. The summed E-state index contributed by atoms with van der Waals surface area (Å²) in [5.74, 6) is -3.42. The van der Waals surface area contributed by atoms with E-state index >= 15 is 0 Å². The van der Waals surface area contributed by atoms with Gasteiger partial charge in [-0.15, -0.1) is 0 Å². The highest BCUT2D eigenvalue weighted by molar-refractivity contribution is 5.84. The molecule has 0 spiro atoms. The molecule has 0 unspecified atom stereocenters. The van der Waals surface area contributed by atoms with Crippen LogP contribution in [0.2, 0.25) is 0 Å². The summed E-state index contributed by atoms with van der Waals surface area (Å²) >= 11 is 0. The predicted molar refractivity (Wildman–Crippen MR) is 56.9 cm³/mol. The van der Waals surface area contributed by atoms with Gasteiger partial charge in [0.2, 0.25) is 0 Å². The highest BCUT2D eigenvalue weighted by Crippen LogP contribution is 2.34. The zero-order valence-electron chi connectivity index (χ0n) is 9.96. The van der Waals surface area contributed by atoms with Crippen LogP contribution in [0.4, 0.5) is 0 Å². The minimum atomic E-state index is -1.07. The van der Waals surface area contributed by atoms with Gasteiger partial charge in [-0.3, -0.25) is 9.59 Å². The van der Waals surface area contributed by atoms with Crippen molar-refractivity contribution >= 4 is 11.9 Å². The lowest BCUT2D eigenvalue weighted by Crippen LogP contribution is -2.37. The molecule has 2 N–H and O–H groups in total. The van der Waals surface area contributed by atoms with E-state index in [4.69, 9.17) is 9.47 Å². The van der Waals surface area contributed by atoms with Gasteiger partial charge in [-0.1, -0.05) is 0 Å². The summed E-state index contributed by atoms with van der Waals surface area (Å²) in [4.78, 5) is 23.2. The van der Waals surface area contributed by atoms with Gasteiger partial charge in [0.05, 0.1) is 37.3 Å². The van der Waals surface area contributed by atoms with Crippen molar-refractivity contribution in [3.8, 4) is 0 Å². The Balaban J connectivity index is 2.82. The fraction of sp³-hybridized carbons (Fsp3) is 0.818. The Hall–Kier alpha value is -1.14. The van der Waals surface area contributed by atoms with Crippen LogP contribution in [0.3, 0.4) is 0 Å². The monoisotopic (exact) mass is 246 g/mol. The van der Waals surface area contributed by atoms with Crippen LogP contribution in [0.1, 0.15) is 20.3 Å². The summed E-state index contributed by atoms with van der Waals surface area (Å²) in [6.45, 7) is 3.59. The largest absolute Gasteiger partial charge is 0.466 e. The van der Waals surface area contributed by atoms with E-state index in [1.807, 2.05) is 0 Å². The number of aliphatic hydroxyl groups excluding tert-OH is 2. The highest BCUT2D eigenvalue weighted by Gasteiger charge is 2.51. The van der Waals surface area contributed by atoms with Crippen molar-refractivity contribution in [2.75, 3.05) is 13.2 Å². The zero-order valence-corrected chi connectivity index (χ0v) is 9.96. The molecule has 0 aliphatic heterocycles. The fourth-order valence-electron chi connectivity index (χ4n) is 2.10. The summed E-state index contributed by atoms with van der Waals surface area (Å²) in [6, 6.07) is 0. The number of carbonyl (C=O) groups excluding carboxylic acids is 2. The van der Waals surface area contributed by atoms with E-state index in [0.717, 1.165) is 0 Å². The maximum atomic E-state index is 11.6. The van der Waals surface area contributed by atoms with Crippen LogP contribution < -0.4 is 0 Å². The van der Waals surface area contributed by atoms with Gasteiger partial charge in [-0.25, -0.2) is 0 Å². The van der Waals surface area contributed by atoms with Crippen LogP contribution in [0.25, 0.3) is 0 Å². The Labute approximate surface area is 99.5 Å². The zero-order chi connectivity index (χ0) is 13.0. The summed E-state index contributed by atoms with van der Waals surface area (Å²) in [7, 11) is 0. The Bertz CT molecular complexity index is 262. The first kappa shape index (κ1) is 13.9. The number of carbonyl (C=O) groups is 2. The molecule has 0 aromatic rings. The molecule has 0 aromatic carbocycles. The summed E-state index contributed by atoms with van der Waals surface area (Å²) < 4.78 is 9.57. The van der Waals surface area contributed by atoms with Crippen molar-refractivity contribution in [2.24, 2.45) is 11.8 Å². The molecule has 1 aliphatic carbocycles. The van der Waals surface area contributed by atoms with Crippen LogP contribution in [0, 0.1) is 11.8 Å². The number of hydrogen-bond donors (Lipinski definition) is 2. The maximum Gasteiger partial charge on any atom is 0.312 e. The van der Waals surface area contributed by atoms with E-state index in [1.165, 1.54) is 0 Å². The van der Waals surface area contributed by atoms with Crippen LogP contribution >= 0.6 is 0 Å². The lowest BCUT2D eigenvalue weighted by Gasteiger charge is -2.20. The number of rotatable bonds is 4. The van der Waals surface area contributed by atoms with E-state index in [2.05, 4.69) is 0 Å². The van der Waals surface area contributed by atoms with Crippen molar-refractivity contribution in [1.29, 1.82) is 0 Å². The van der Waals surface area contributed by atoms with Gasteiger partial charge < -0.3 is 19.7 Å². The van der Waals surface area contributed by atoms with Crippen LogP contribution in [-0.4, -0.2) is 47.6 Å². The van der Waals surface area contributed by atoms with Gasteiger partial charge in [0, 0.05) is 6.42 Å². The second kappa shape index (κ2) is 5.97. The van der Waals surface area contributed by atoms with Gasteiger partial charge in [-0.05, 0) is 13.8 Å². The lowest BCUT2D eigenvalue weighted by molar-refractivity contribution is -0.164. The molecule has 0 bridgehead atoms. The van der Waals surface area contributed by atoms with E-state index in [1.54, 1.807) is 13.8 Å². The molecule has 17 heavy (non-hydrogen) atoms. The summed E-state index contributed by atoms with van der Waals surface area (Å²) in [5.41, 5.74) is 0. The van der Waals surface area contributed by atoms with Crippen LogP contribution in [0.15, 0.2) is 0 Å². The third kappa shape index (κ3) is 2.95. The Kier molecular flexibility index (Phi) is 4.89. The second-order valence-corrected chi connectivity index (χ2v) is 3.93. The van der Waals surface area contributed by atoms with Crippen molar-refractivity contribution < 1.29 is 29.3 Å². The number of aliphatic hydroxyl groups is 2.